The molecule has 0 saturated carbocycles. The summed E-state index contributed by atoms with van der Waals surface area (Å²) in [5, 5.41) is 29.3. The monoisotopic (exact) mass is 1060 g/mol. The van der Waals surface area contributed by atoms with Crippen molar-refractivity contribution in [3.05, 3.63) is 306 Å². The highest BCUT2D eigenvalue weighted by molar-refractivity contribution is 6.42. The molecule has 18 rings (SSSR count). The van der Waals surface area contributed by atoms with E-state index < -0.39 is 0 Å². The second kappa shape index (κ2) is 17.2. The van der Waals surface area contributed by atoms with E-state index in [1.807, 2.05) is 0 Å². The first-order chi connectivity index (χ1) is 41.2. The van der Waals surface area contributed by atoms with Gasteiger partial charge < -0.3 is 0 Å². The number of fused-ring (bicyclic) bond motifs is 6. The highest BCUT2D eigenvalue weighted by atomic mass is 14.3. The predicted octanol–water partition coefficient (Wildman–Crippen LogP) is 22.3. The van der Waals surface area contributed by atoms with Crippen LogP contribution in [-0.2, 0) is 0 Å². The third-order valence-electron chi connectivity index (χ3n) is 19.7. The largest absolute Gasteiger partial charge is 0.0622 e. The lowest BCUT2D eigenvalue weighted by molar-refractivity contribution is 1.37. The summed E-state index contributed by atoms with van der Waals surface area (Å²) >= 11 is 0. The minimum atomic E-state index is 1.25. The molecule has 0 radical (unpaired) electrons. The van der Waals surface area contributed by atoms with Crippen molar-refractivity contribution in [1.82, 2.24) is 0 Å². The van der Waals surface area contributed by atoms with Crippen LogP contribution in [0.1, 0.15) is 33.4 Å². The second-order valence-electron chi connectivity index (χ2n) is 24.4. The quantitative estimate of drug-likeness (QED) is 0.115. The molecule has 0 saturated heterocycles. The SMILES string of the molecule is Cc1ccc(-c2c(C)c(-c3ccccc3)c3c(c2-c2ccc(C)cc2)=c2ccc4c5ccc6c7ccc8c9c(ccc(c%10ccc(c%11ccc=3c2c%114)c5c%106)c97)=c2c(-c3ccccc3)c(C)c(-c3ccc(C)cc3)c(-c3ccc(C)cc3)c2=8)cc1. The minimum absolute atomic E-state index is 1.25. The molecule has 0 nitrogen and oxygen atoms in total. The van der Waals surface area contributed by atoms with Gasteiger partial charge >= 0.3 is 0 Å². The fraction of sp³-hybridized carbons (Fsp3) is 0.0714. The van der Waals surface area contributed by atoms with Gasteiger partial charge in [0, 0.05) is 0 Å². The number of hydrogen-bond donors (Lipinski definition) is 0. The maximum atomic E-state index is 2.48. The van der Waals surface area contributed by atoms with E-state index in [0.717, 1.165) is 0 Å². The summed E-state index contributed by atoms with van der Waals surface area (Å²) in [6.45, 7) is 13.5. The van der Waals surface area contributed by atoms with E-state index in [-0.39, 0.29) is 0 Å². The molecule has 0 heterocycles. The van der Waals surface area contributed by atoms with Gasteiger partial charge in [-0.25, -0.2) is 0 Å². The van der Waals surface area contributed by atoms with Crippen LogP contribution in [0.15, 0.2) is 231 Å². The Kier molecular flexibility index (Phi) is 9.73. The van der Waals surface area contributed by atoms with Gasteiger partial charge in [-0.1, -0.05) is 253 Å². The minimum Gasteiger partial charge on any atom is -0.0622 e. The highest BCUT2D eigenvalue weighted by Crippen LogP contribution is 2.52. The molecule has 0 amide bonds. The molecule has 84 heavy (non-hydrogen) atoms. The number of aryl methyl sites for hydroxylation is 4. The zero-order valence-corrected chi connectivity index (χ0v) is 47.9. The summed E-state index contributed by atoms with van der Waals surface area (Å²) in [5.41, 5.74) is 23.0. The van der Waals surface area contributed by atoms with E-state index in [0.29, 0.717) is 0 Å². The Morgan fingerprint density at radius 2 is 0.381 bits per heavy atom. The van der Waals surface area contributed by atoms with Crippen LogP contribution in [0.3, 0.4) is 0 Å². The molecule has 16 aromatic carbocycles. The molecule has 0 fully saturated rings. The van der Waals surface area contributed by atoms with E-state index in [1.165, 1.54) is 217 Å². The third kappa shape index (κ3) is 6.27. The Labute approximate surface area is 486 Å². The summed E-state index contributed by atoms with van der Waals surface area (Å²) in [7, 11) is 0. The van der Waals surface area contributed by atoms with Gasteiger partial charge in [-0.05, 0) is 237 Å². The van der Waals surface area contributed by atoms with E-state index >= 15 is 0 Å². The molecule has 0 bridgehead atoms. The molecule has 16 aromatic rings. The van der Waals surface area contributed by atoms with Crippen LogP contribution >= 0.6 is 0 Å². The van der Waals surface area contributed by atoms with Crippen molar-refractivity contribution in [2.45, 2.75) is 41.5 Å². The van der Waals surface area contributed by atoms with Crippen LogP contribution in [0, 0.1) is 83.3 Å². The molecule has 0 N–H and O–H groups in total. The zero-order chi connectivity index (χ0) is 56.0. The summed E-state index contributed by atoms with van der Waals surface area (Å²) in [6.07, 6.45) is 0. The fourth-order valence-electron chi connectivity index (χ4n) is 16.1. The Balaban J connectivity index is 0.979. The van der Waals surface area contributed by atoms with Gasteiger partial charge in [0.25, 0.3) is 0 Å². The zero-order valence-electron chi connectivity index (χ0n) is 47.9. The number of hydrogen-bond acceptors (Lipinski definition) is 0. The lowest BCUT2D eigenvalue weighted by Crippen LogP contribution is -1.98. The lowest BCUT2D eigenvalue weighted by Gasteiger charge is -2.20. The molecule has 2 aliphatic rings. The topological polar surface area (TPSA) is 0 Å². The summed E-state index contributed by atoms with van der Waals surface area (Å²) in [6, 6.07) is 88.9. The Morgan fingerprint density at radius 1 is 0.167 bits per heavy atom. The highest BCUT2D eigenvalue weighted by Gasteiger charge is 2.28. The summed E-state index contributed by atoms with van der Waals surface area (Å²) in [5.74, 6) is 0. The molecule has 0 aromatic heterocycles. The molecular formula is C84H56. The van der Waals surface area contributed by atoms with Crippen molar-refractivity contribution in [1.29, 1.82) is 0 Å². The fourth-order valence-corrected chi connectivity index (χ4v) is 16.1. The first kappa shape index (κ1) is 47.5. The molecule has 0 atom stereocenters. The van der Waals surface area contributed by atoms with E-state index in [2.05, 4.69) is 272 Å². The smallest absolute Gasteiger partial charge is 0.000742 e. The molecular weight excluding hydrogens is 1010 g/mol. The second-order valence-corrected chi connectivity index (χ2v) is 24.4. The van der Waals surface area contributed by atoms with Gasteiger partial charge in [-0.15, -0.1) is 0 Å². The maximum Gasteiger partial charge on any atom is -0.000742 e. The maximum absolute atomic E-state index is 2.48. The van der Waals surface area contributed by atoms with Crippen molar-refractivity contribution in [2.24, 2.45) is 0 Å². The first-order valence-corrected chi connectivity index (χ1v) is 29.8. The average Bonchev–Trinajstić information content (AvgIpc) is 1.82. The van der Waals surface area contributed by atoms with Gasteiger partial charge in [0.2, 0.25) is 0 Å². The summed E-state index contributed by atoms with van der Waals surface area (Å²) in [4.78, 5) is 0. The Hall–Kier alpha value is -10.1. The van der Waals surface area contributed by atoms with E-state index in [9.17, 15) is 0 Å². The van der Waals surface area contributed by atoms with Crippen LogP contribution in [0.5, 0.6) is 0 Å². The van der Waals surface area contributed by atoms with Gasteiger partial charge in [0.15, 0.2) is 0 Å². The van der Waals surface area contributed by atoms with Crippen molar-refractivity contribution in [3.63, 3.8) is 0 Å². The van der Waals surface area contributed by atoms with Gasteiger partial charge in [0.05, 0.1) is 0 Å². The molecule has 0 heteroatoms. The van der Waals surface area contributed by atoms with E-state index in [1.54, 1.807) is 0 Å². The van der Waals surface area contributed by atoms with Crippen molar-refractivity contribution in [3.8, 4) is 66.8 Å². The standard InChI is InChI=1S/C84H56/c1-45-17-25-53(26-18-45)69-49(5)71(51-13-9-7-10-14-51)81-65-41-37-61-57-33-34-58-62-38-42-66-80-68(84-74(56-31-23-48(4)24-32-56)70(54-27-19-46(2)20-28-54)50(6)72(82(66)84)52-15-11-8-12-16-52)44-40-64(78(62)80)60-36-35-59(75(57)76(58)60)63-39-43-67(79(65)77(61)63)83(81)73(69)55-29-21-47(3)22-30-55/h7-44H,1-6H3. The normalized spacial score (nSPS) is 12.4. The first-order valence-electron chi connectivity index (χ1n) is 29.8. The number of benzene rings is 16. The van der Waals surface area contributed by atoms with Crippen LogP contribution in [0.25, 0.3) is 142 Å². The van der Waals surface area contributed by atoms with Gasteiger partial charge in [0.1, 0.15) is 0 Å². The third-order valence-corrected chi connectivity index (χ3v) is 19.7. The van der Waals surface area contributed by atoms with Crippen LogP contribution < -0.4 is 0 Å². The van der Waals surface area contributed by atoms with Crippen molar-refractivity contribution < 1.29 is 0 Å². The van der Waals surface area contributed by atoms with Crippen LogP contribution in [0.2, 0.25) is 0 Å². The molecule has 0 spiro atoms. The average molecular weight is 1070 g/mol. The van der Waals surface area contributed by atoms with Crippen molar-refractivity contribution in [2.75, 3.05) is 0 Å². The molecule has 2 aliphatic carbocycles. The van der Waals surface area contributed by atoms with Crippen molar-refractivity contribution >= 4 is 75.4 Å². The summed E-state index contributed by atoms with van der Waals surface area (Å²) < 4.78 is 0. The molecule has 0 unspecified atom stereocenters. The lowest BCUT2D eigenvalue weighted by atomic mass is 9.83. The number of rotatable bonds is 6. The van der Waals surface area contributed by atoms with Gasteiger partial charge in [-0.3, -0.25) is 0 Å². The van der Waals surface area contributed by atoms with Crippen LogP contribution in [0.4, 0.5) is 0 Å². The van der Waals surface area contributed by atoms with Gasteiger partial charge in [-0.2, -0.15) is 0 Å². The predicted molar refractivity (Wildman–Crippen MR) is 356 cm³/mol. The molecule has 392 valence electrons. The van der Waals surface area contributed by atoms with E-state index in [4.69, 9.17) is 0 Å². The Morgan fingerprint density at radius 3 is 0.655 bits per heavy atom. The molecule has 0 aliphatic heterocycles. The van der Waals surface area contributed by atoms with Crippen LogP contribution in [-0.4, -0.2) is 0 Å². The Bertz CT molecular complexity index is 5560.